The molecule has 0 bridgehead atoms. The first kappa shape index (κ1) is 15.4. The monoisotopic (exact) mass is 349 g/mol. The van der Waals surface area contributed by atoms with Crippen LogP contribution in [0.25, 0.3) is 11.1 Å². The summed E-state index contributed by atoms with van der Waals surface area (Å²) in [6.07, 6.45) is 1.14. The van der Waals surface area contributed by atoms with Gasteiger partial charge in [0.25, 0.3) is 0 Å². The largest absolute Gasteiger partial charge is 0.481 e. The highest BCUT2D eigenvalue weighted by Gasteiger charge is 2.16. The van der Waals surface area contributed by atoms with Crippen molar-refractivity contribution in [1.82, 2.24) is 4.98 Å². The molecule has 0 amide bonds. The van der Waals surface area contributed by atoms with Crippen LogP contribution in [-0.4, -0.2) is 16.1 Å². The van der Waals surface area contributed by atoms with Crippen LogP contribution in [0, 0.1) is 0 Å². The van der Waals surface area contributed by atoms with E-state index < -0.39 is 5.97 Å². The van der Waals surface area contributed by atoms with Crippen LogP contribution in [0.4, 0.5) is 0 Å². The van der Waals surface area contributed by atoms with E-state index in [1.165, 1.54) is 6.20 Å². The second kappa shape index (κ2) is 6.19. The summed E-state index contributed by atoms with van der Waals surface area (Å²) in [4.78, 5) is 14.9. The first-order valence-electron chi connectivity index (χ1n) is 5.40. The van der Waals surface area contributed by atoms with Gasteiger partial charge in [-0.3, -0.25) is 9.78 Å². The Balaban J connectivity index is 2.65. The van der Waals surface area contributed by atoms with Gasteiger partial charge in [0.05, 0.1) is 32.2 Å². The van der Waals surface area contributed by atoms with E-state index in [1.807, 2.05) is 0 Å². The summed E-state index contributed by atoms with van der Waals surface area (Å²) >= 11 is 23.9. The SMILES string of the molecule is O=C(O)Cc1ncc(Cl)cc1-c1ccc(Cl)c(Cl)c1Cl. The molecule has 0 atom stereocenters. The van der Waals surface area contributed by atoms with Crippen molar-refractivity contribution in [3.63, 3.8) is 0 Å². The predicted octanol–water partition coefficient (Wildman–Crippen LogP) is 4.99. The molecular weight excluding hydrogens is 344 g/mol. The van der Waals surface area contributed by atoms with E-state index in [9.17, 15) is 4.79 Å². The number of aromatic nitrogens is 1. The first-order valence-corrected chi connectivity index (χ1v) is 6.91. The van der Waals surface area contributed by atoms with Crippen LogP contribution >= 0.6 is 46.4 Å². The van der Waals surface area contributed by atoms with Crippen molar-refractivity contribution in [2.45, 2.75) is 6.42 Å². The first-order chi connectivity index (χ1) is 9.40. The van der Waals surface area contributed by atoms with E-state index in [0.29, 0.717) is 26.9 Å². The number of nitrogens with zero attached hydrogens (tertiary/aromatic N) is 1. The third-order valence-electron chi connectivity index (χ3n) is 2.58. The van der Waals surface area contributed by atoms with Gasteiger partial charge in [-0.1, -0.05) is 52.5 Å². The van der Waals surface area contributed by atoms with Gasteiger partial charge in [-0.25, -0.2) is 0 Å². The van der Waals surface area contributed by atoms with Gasteiger partial charge in [-0.2, -0.15) is 0 Å². The predicted molar refractivity (Wildman–Crippen MR) is 81.1 cm³/mol. The lowest BCUT2D eigenvalue weighted by molar-refractivity contribution is -0.136. The lowest BCUT2D eigenvalue weighted by atomic mass is 10.0. The van der Waals surface area contributed by atoms with Gasteiger partial charge in [0.2, 0.25) is 0 Å². The number of aliphatic carboxylic acids is 1. The maximum Gasteiger partial charge on any atom is 0.309 e. The minimum Gasteiger partial charge on any atom is -0.481 e. The lowest BCUT2D eigenvalue weighted by Crippen LogP contribution is -2.04. The number of benzene rings is 1. The van der Waals surface area contributed by atoms with E-state index >= 15 is 0 Å². The molecule has 1 N–H and O–H groups in total. The molecule has 0 radical (unpaired) electrons. The highest BCUT2D eigenvalue weighted by Crippen LogP contribution is 2.39. The summed E-state index contributed by atoms with van der Waals surface area (Å²) in [6.45, 7) is 0. The highest BCUT2D eigenvalue weighted by molar-refractivity contribution is 6.49. The molecule has 3 nitrogen and oxygen atoms in total. The van der Waals surface area contributed by atoms with Crippen LogP contribution in [-0.2, 0) is 11.2 Å². The second-order valence-electron chi connectivity index (χ2n) is 3.94. The van der Waals surface area contributed by atoms with Crippen molar-refractivity contribution in [3.8, 4) is 11.1 Å². The molecule has 0 aliphatic heterocycles. The van der Waals surface area contributed by atoms with E-state index in [1.54, 1.807) is 18.2 Å². The Morgan fingerprint density at radius 3 is 2.45 bits per heavy atom. The van der Waals surface area contributed by atoms with Crippen molar-refractivity contribution in [3.05, 3.63) is 50.2 Å². The Labute approximate surface area is 135 Å². The average Bonchev–Trinajstić information content (AvgIpc) is 2.38. The van der Waals surface area contributed by atoms with E-state index in [-0.39, 0.29) is 16.5 Å². The fraction of sp³-hybridized carbons (Fsp3) is 0.0769. The Bertz CT molecular complexity index is 688. The van der Waals surface area contributed by atoms with Crippen LogP contribution in [0.3, 0.4) is 0 Å². The number of hydrogen-bond acceptors (Lipinski definition) is 2. The topological polar surface area (TPSA) is 50.2 Å². The molecule has 0 unspecified atom stereocenters. The maximum atomic E-state index is 10.9. The van der Waals surface area contributed by atoms with Gasteiger partial charge in [-0.05, 0) is 12.1 Å². The van der Waals surface area contributed by atoms with E-state index in [2.05, 4.69) is 4.98 Å². The molecule has 20 heavy (non-hydrogen) atoms. The fourth-order valence-electron chi connectivity index (χ4n) is 1.72. The maximum absolute atomic E-state index is 10.9. The molecule has 2 rings (SSSR count). The van der Waals surface area contributed by atoms with E-state index in [4.69, 9.17) is 51.5 Å². The number of rotatable bonds is 3. The summed E-state index contributed by atoms with van der Waals surface area (Å²) < 4.78 is 0. The third-order valence-corrected chi connectivity index (χ3v) is 4.08. The smallest absolute Gasteiger partial charge is 0.309 e. The molecule has 7 heteroatoms. The molecule has 104 valence electrons. The number of carbonyl (C=O) groups is 1. The van der Waals surface area contributed by atoms with Crippen LogP contribution in [0.1, 0.15) is 5.69 Å². The zero-order valence-corrected chi connectivity index (χ0v) is 12.9. The van der Waals surface area contributed by atoms with Crippen LogP contribution in [0.15, 0.2) is 24.4 Å². The molecule has 0 fully saturated rings. The number of carboxylic acids is 1. The number of pyridine rings is 1. The third kappa shape index (κ3) is 3.18. The summed E-state index contributed by atoms with van der Waals surface area (Å²) in [5, 5.41) is 10.0. The summed E-state index contributed by atoms with van der Waals surface area (Å²) in [5.41, 5.74) is 1.40. The fourth-order valence-corrected chi connectivity index (χ4v) is 2.51. The standard InChI is InChI=1S/C13H7Cl4NO2/c14-6-3-8(10(18-5-6)4-11(19)20)7-1-2-9(15)13(17)12(7)16/h1-3,5H,4H2,(H,19,20). The van der Waals surface area contributed by atoms with E-state index in [0.717, 1.165) is 0 Å². The molecule has 0 aliphatic carbocycles. The number of halogens is 4. The minimum atomic E-state index is -1.00. The molecule has 0 aliphatic rings. The highest BCUT2D eigenvalue weighted by atomic mass is 35.5. The molecule has 0 saturated carbocycles. The Morgan fingerprint density at radius 1 is 1.10 bits per heavy atom. The van der Waals surface area contributed by atoms with Crippen LogP contribution < -0.4 is 0 Å². The van der Waals surface area contributed by atoms with Crippen LogP contribution in [0.5, 0.6) is 0 Å². The summed E-state index contributed by atoms with van der Waals surface area (Å²) in [7, 11) is 0. The van der Waals surface area contributed by atoms with Gasteiger partial charge in [0.15, 0.2) is 0 Å². The van der Waals surface area contributed by atoms with Gasteiger partial charge in [-0.15, -0.1) is 0 Å². The van der Waals surface area contributed by atoms with Gasteiger partial charge in [0, 0.05) is 17.3 Å². The molecular formula is C13H7Cl4NO2. The molecule has 1 aromatic heterocycles. The quantitative estimate of drug-likeness (QED) is 0.793. The molecule has 0 saturated heterocycles. The Kier molecular flexibility index (Phi) is 4.76. The van der Waals surface area contributed by atoms with Crippen molar-refractivity contribution in [2.24, 2.45) is 0 Å². The summed E-state index contributed by atoms with van der Waals surface area (Å²) in [6, 6.07) is 4.82. The lowest BCUT2D eigenvalue weighted by Gasteiger charge is -2.11. The van der Waals surface area contributed by atoms with Gasteiger partial charge < -0.3 is 5.11 Å². The molecule has 1 aromatic carbocycles. The van der Waals surface area contributed by atoms with Crippen molar-refractivity contribution >= 4 is 52.4 Å². The molecule has 2 aromatic rings. The summed E-state index contributed by atoms with van der Waals surface area (Å²) in [5.74, 6) is -1.00. The minimum absolute atomic E-state index is 0.201. The average molecular weight is 351 g/mol. The van der Waals surface area contributed by atoms with Crippen LogP contribution in [0.2, 0.25) is 20.1 Å². The van der Waals surface area contributed by atoms with Crippen molar-refractivity contribution in [2.75, 3.05) is 0 Å². The number of hydrogen-bond donors (Lipinski definition) is 1. The van der Waals surface area contributed by atoms with Crippen molar-refractivity contribution < 1.29 is 9.90 Å². The van der Waals surface area contributed by atoms with Gasteiger partial charge >= 0.3 is 5.97 Å². The zero-order chi connectivity index (χ0) is 14.9. The van der Waals surface area contributed by atoms with Gasteiger partial charge in [0.1, 0.15) is 0 Å². The van der Waals surface area contributed by atoms with Crippen molar-refractivity contribution in [1.29, 1.82) is 0 Å². The Morgan fingerprint density at radius 2 is 1.80 bits per heavy atom. The normalized spacial score (nSPS) is 10.6. The molecule has 0 spiro atoms. The molecule has 1 heterocycles. The second-order valence-corrected chi connectivity index (χ2v) is 5.54. The zero-order valence-electron chi connectivity index (χ0n) is 9.83. The number of carboxylic acid groups (broad SMARTS) is 1. The Hall–Kier alpha value is -1.000.